The Labute approximate surface area is 116 Å². The molecular weight excluding hydrogens is 240 g/mol. The van der Waals surface area contributed by atoms with Crippen LogP contribution in [0, 0.1) is 0 Å². The number of rotatable bonds is 2. The Hall–Kier alpha value is -0.610. The van der Waals surface area contributed by atoms with E-state index in [2.05, 4.69) is 10.2 Å². The maximum absolute atomic E-state index is 12.8. The normalized spacial score (nSPS) is 25.0. The van der Waals surface area contributed by atoms with E-state index in [1.807, 2.05) is 20.8 Å². The van der Waals surface area contributed by atoms with E-state index in [1.165, 1.54) is 6.42 Å². The summed E-state index contributed by atoms with van der Waals surface area (Å²) in [6.07, 6.45) is 5.45. The molecule has 4 nitrogen and oxygen atoms in total. The topological polar surface area (TPSA) is 41.6 Å². The average Bonchev–Trinajstić information content (AvgIpc) is 2.38. The van der Waals surface area contributed by atoms with Crippen LogP contribution in [0.15, 0.2) is 0 Å². The molecule has 4 heteroatoms. The second-order valence-electron chi connectivity index (χ2n) is 6.83. The molecule has 0 amide bonds. The fourth-order valence-corrected chi connectivity index (χ4v) is 3.25. The summed E-state index contributed by atoms with van der Waals surface area (Å²) >= 11 is 0. The minimum Gasteiger partial charge on any atom is -0.459 e. The lowest BCUT2D eigenvalue weighted by Crippen LogP contribution is -2.62. The standard InChI is InChI=1S/C15H28N2O2/c1-14(2,3)19-13(18)15(7-5-4-6-8-15)17-11-9-16-10-12-17/h16H,4-12H2,1-3H3. The molecule has 1 saturated heterocycles. The summed E-state index contributed by atoms with van der Waals surface area (Å²) in [5.74, 6) is 0.00148. The highest BCUT2D eigenvalue weighted by Gasteiger charge is 2.47. The quantitative estimate of drug-likeness (QED) is 0.777. The number of nitrogens with one attached hydrogen (secondary N) is 1. The van der Waals surface area contributed by atoms with E-state index in [4.69, 9.17) is 4.74 Å². The first-order valence-electron chi connectivity index (χ1n) is 7.63. The third-order valence-corrected chi connectivity index (χ3v) is 4.18. The van der Waals surface area contributed by atoms with Crippen LogP contribution in [-0.2, 0) is 9.53 Å². The maximum atomic E-state index is 12.8. The molecule has 0 aromatic heterocycles. The number of carbonyl (C=O) groups is 1. The van der Waals surface area contributed by atoms with Gasteiger partial charge in [-0.25, -0.2) is 0 Å². The molecule has 2 fully saturated rings. The van der Waals surface area contributed by atoms with Gasteiger partial charge in [-0.3, -0.25) is 9.69 Å². The highest BCUT2D eigenvalue weighted by molar-refractivity contribution is 5.81. The van der Waals surface area contributed by atoms with Crippen LogP contribution in [0.3, 0.4) is 0 Å². The molecule has 2 aliphatic rings. The summed E-state index contributed by atoms with van der Waals surface area (Å²) in [5.41, 5.74) is -0.747. The van der Waals surface area contributed by atoms with Crippen LogP contribution in [-0.4, -0.2) is 48.2 Å². The van der Waals surface area contributed by atoms with Gasteiger partial charge in [0.25, 0.3) is 0 Å². The predicted octanol–water partition coefficient (Wildman–Crippen LogP) is 1.94. The molecule has 0 unspecified atom stereocenters. The third kappa shape index (κ3) is 3.48. The Bertz CT molecular complexity index is 311. The highest BCUT2D eigenvalue weighted by Crippen LogP contribution is 2.36. The first kappa shape index (κ1) is 14.8. The van der Waals surface area contributed by atoms with Gasteiger partial charge in [-0.15, -0.1) is 0 Å². The van der Waals surface area contributed by atoms with Crippen molar-refractivity contribution in [2.24, 2.45) is 0 Å². The molecule has 1 heterocycles. The minimum atomic E-state index is -0.393. The lowest BCUT2D eigenvalue weighted by atomic mass is 9.79. The van der Waals surface area contributed by atoms with Gasteiger partial charge in [0.1, 0.15) is 11.1 Å². The van der Waals surface area contributed by atoms with Crippen LogP contribution in [0.2, 0.25) is 0 Å². The number of nitrogens with zero attached hydrogens (tertiary/aromatic N) is 1. The van der Waals surface area contributed by atoms with Crippen molar-refractivity contribution >= 4 is 5.97 Å². The van der Waals surface area contributed by atoms with Gasteiger partial charge in [-0.05, 0) is 33.6 Å². The van der Waals surface area contributed by atoms with E-state index in [-0.39, 0.29) is 11.5 Å². The van der Waals surface area contributed by atoms with E-state index >= 15 is 0 Å². The van der Waals surface area contributed by atoms with Gasteiger partial charge < -0.3 is 10.1 Å². The number of ether oxygens (including phenoxy) is 1. The largest absolute Gasteiger partial charge is 0.459 e. The second-order valence-corrected chi connectivity index (χ2v) is 6.83. The molecule has 1 aliphatic carbocycles. The average molecular weight is 268 g/mol. The van der Waals surface area contributed by atoms with Gasteiger partial charge in [0.05, 0.1) is 0 Å². The van der Waals surface area contributed by atoms with Gasteiger partial charge in [0.2, 0.25) is 0 Å². The Kier molecular flexibility index (Phi) is 4.51. The van der Waals surface area contributed by atoms with E-state index in [1.54, 1.807) is 0 Å². The number of hydrogen-bond donors (Lipinski definition) is 1. The van der Waals surface area contributed by atoms with Crippen molar-refractivity contribution < 1.29 is 9.53 Å². The number of hydrogen-bond acceptors (Lipinski definition) is 4. The van der Waals surface area contributed by atoms with Crippen molar-refractivity contribution in [1.29, 1.82) is 0 Å². The second kappa shape index (κ2) is 5.80. The van der Waals surface area contributed by atoms with Crippen LogP contribution in [0.1, 0.15) is 52.9 Å². The molecule has 1 aliphatic heterocycles. The molecule has 110 valence electrons. The summed E-state index contributed by atoms with van der Waals surface area (Å²) in [7, 11) is 0. The highest BCUT2D eigenvalue weighted by atomic mass is 16.6. The zero-order chi connectivity index (χ0) is 13.9. The first-order chi connectivity index (χ1) is 8.94. The van der Waals surface area contributed by atoms with Crippen LogP contribution in [0.5, 0.6) is 0 Å². The van der Waals surface area contributed by atoms with Gasteiger partial charge in [0, 0.05) is 26.2 Å². The van der Waals surface area contributed by atoms with Gasteiger partial charge >= 0.3 is 5.97 Å². The zero-order valence-corrected chi connectivity index (χ0v) is 12.6. The monoisotopic (exact) mass is 268 g/mol. The van der Waals surface area contributed by atoms with E-state index < -0.39 is 5.60 Å². The summed E-state index contributed by atoms with van der Waals surface area (Å²) in [4.78, 5) is 15.1. The predicted molar refractivity (Wildman–Crippen MR) is 76.1 cm³/mol. The number of carbonyl (C=O) groups excluding carboxylic acids is 1. The Balaban J connectivity index is 2.15. The fourth-order valence-electron chi connectivity index (χ4n) is 3.25. The van der Waals surface area contributed by atoms with Crippen LogP contribution in [0.4, 0.5) is 0 Å². The molecule has 0 bridgehead atoms. The molecule has 2 rings (SSSR count). The number of piperazine rings is 1. The van der Waals surface area contributed by atoms with Crippen molar-refractivity contribution in [3.63, 3.8) is 0 Å². The number of esters is 1. The SMILES string of the molecule is CC(C)(C)OC(=O)C1(N2CCNCC2)CCCCC1. The van der Waals surface area contributed by atoms with Crippen molar-refractivity contribution in [3.05, 3.63) is 0 Å². The molecule has 1 N–H and O–H groups in total. The van der Waals surface area contributed by atoms with E-state index in [0.29, 0.717) is 0 Å². The van der Waals surface area contributed by atoms with Crippen molar-refractivity contribution in [2.75, 3.05) is 26.2 Å². The summed E-state index contributed by atoms with van der Waals surface area (Å²) < 4.78 is 5.73. The Morgan fingerprint density at radius 1 is 1.11 bits per heavy atom. The van der Waals surface area contributed by atoms with E-state index in [9.17, 15) is 4.79 Å². The third-order valence-electron chi connectivity index (χ3n) is 4.18. The van der Waals surface area contributed by atoms with Gasteiger partial charge in [-0.2, -0.15) is 0 Å². The molecule has 0 aromatic rings. The van der Waals surface area contributed by atoms with Gasteiger partial charge in [0.15, 0.2) is 0 Å². The minimum absolute atomic E-state index is 0.00148. The Morgan fingerprint density at radius 3 is 2.21 bits per heavy atom. The molecule has 0 spiro atoms. The lowest BCUT2D eigenvalue weighted by Gasteiger charge is -2.46. The molecule has 0 radical (unpaired) electrons. The molecular formula is C15H28N2O2. The first-order valence-corrected chi connectivity index (χ1v) is 7.63. The van der Waals surface area contributed by atoms with Gasteiger partial charge in [-0.1, -0.05) is 19.3 Å². The smallest absolute Gasteiger partial charge is 0.327 e. The van der Waals surface area contributed by atoms with Crippen LogP contribution in [0.25, 0.3) is 0 Å². The zero-order valence-electron chi connectivity index (χ0n) is 12.6. The van der Waals surface area contributed by atoms with Crippen molar-refractivity contribution in [3.8, 4) is 0 Å². The Morgan fingerprint density at radius 2 is 1.68 bits per heavy atom. The summed E-state index contributed by atoms with van der Waals surface area (Å²) in [5, 5.41) is 3.36. The molecule has 19 heavy (non-hydrogen) atoms. The summed E-state index contributed by atoms with van der Waals surface area (Å²) in [6, 6.07) is 0. The maximum Gasteiger partial charge on any atom is 0.327 e. The van der Waals surface area contributed by atoms with Crippen LogP contribution < -0.4 is 5.32 Å². The fraction of sp³-hybridized carbons (Fsp3) is 0.933. The van der Waals surface area contributed by atoms with Crippen molar-refractivity contribution in [2.45, 2.75) is 64.0 Å². The molecule has 0 atom stereocenters. The summed E-state index contributed by atoms with van der Waals surface area (Å²) in [6.45, 7) is 9.74. The van der Waals surface area contributed by atoms with Crippen molar-refractivity contribution in [1.82, 2.24) is 10.2 Å². The molecule has 1 saturated carbocycles. The molecule has 0 aromatic carbocycles. The van der Waals surface area contributed by atoms with E-state index in [0.717, 1.165) is 51.9 Å². The lowest BCUT2D eigenvalue weighted by molar-refractivity contribution is -0.173. The van der Waals surface area contributed by atoms with Crippen LogP contribution >= 0.6 is 0 Å².